The van der Waals surface area contributed by atoms with Crippen molar-refractivity contribution in [3.63, 3.8) is 0 Å². The molecular formula is C17H21F3N2O3S. The number of likely N-dealkylation sites (tertiary alicyclic amines) is 1. The van der Waals surface area contributed by atoms with Crippen molar-refractivity contribution in [3.05, 3.63) is 47.4 Å². The van der Waals surface area contributed by atoms with Gasteiger partial charge in [0.25, 0.3) is 0 Å². The van der Waals surface area contributed by atoms with Crippen LogP contribution in [0.25, 0.3) is 0 Å². The van der Waals surface area contributed by atoms with Crippen LogP contribution in [0.5, 0.6) is 0 Å². The Balaban J connectivity index is 2.12. The Morgan fingerprint density at radius 3 is 2.54 bits per heavy atom. The summed E-state index contributed by atoms with van der Waals surface area (Å²) in [5.74, 6) is -1.46. The molecule has 0 bridgehead atoms. The number of piperidine rings is 1. The number of nitrogens with one attached hydrogen (secondary N) is 1. The molecule has 2 amide bonds. The van der Waals surface area contributed by atoms with Gasteiger partial charge in [-0.05, 0) is 18.4 Å². The lowest BCUT2D eigenvalue weighted by Crippen LogP contribution is -2.48. The van der Waals surface area contributed by atoms with E-state index in [1.165, 1.54) is 11.0 Å². The van der Waals surface area contributed by atoms with Gasteiger partial charge < -0.3 is 10.2 Å². The van der Waals surface area contributed by atoms with Crippen LogP contribution in [0.1, 0.15) is 24.4 Å². The molecule has 0 unspecified atom stereocenters. The van der Waals surface area contributed by atoms with Crippen LogP contribution in [0.3, 0.4) is 0 Å². The van der Waals surface area contributed by atoms with Crippen molar-refractivity contribution in [3.8, 4) is 0 Å². The molecule has 26 heavy (non-hydrogen) atoms. The van der Waals surface area contributed by atoms with Crippen molar-refractivity contribution in [2.24, 2.45) is 5.92 Å². The quantitative estimate of drug-likeness (QED) is 0.858. The molecule has 1 aliphatic rings. The van der Waals surface area contributed by atoms with Gasteiger partial charge in [-0.1, -0.05) is 36.4 Å². The molecule has 0 radical (unpaired) electrons. The summed E-state index contributed by atoms with van der Waals surface area (Å²) in [6.45, 7) is -0.0437. The van der Waals surface area contributed by atoms with Gasteiger partial charge in [-0.15, -0.1) is 0 Å². The summed E-state index contributed by atoms with van der Waals surface area (Å²) in [7, 11) is -3.29. The summed E-state index contributed by atoms with van der Waals surface area (Å²) in [6, 6.07) is 7.40. The number of rotatable bonds is 4. The molecule has 2 atom stereocenters. The van der Waals surface area contributed by atoms with E-state index in [2.05, 4.69) is 5.32 Å². The third-order valence-electron chi connectivity index (χ3n) is 4.23. The number of amides is 2. The number of nitrogens with zero attached hydrogens (tertiary/aromatic N) is 1. The van der Waals surface area contributed by atoms with Gasteiger partial charge in [0.2, 0.25) is 0 Å². The molecule has 0 aromatic heterocycles. The molecule has 1 heterocycles. The van der Waals surface area contributed by atoms with Crippen molar-refractivity contribution in [2.75, 3.05) is 19.3 Å². The zero-order valence-electron chi connectivity index (χ0n) is 14.2. The average molecular weight is 390 g/mol. The summed E-state index contributed by atoms with van der Waals surface area (Å²) < 4.78 is 61.5. The third-order valence-corrected chi connectivity index (χ3v) is 4.91. The van der Waals surface area contributed by atoms with E-state index in [9.17, 15) is 26.4 Å². The lowest BCUT2D eigenvalue weighted by molar-refractivity contribution is -0.188. The number of sulfone groups is 1. The van der Waals surface area contributed by atoms with Crippen molar-refractivity contribution in [2.45, 2.75) is 25.1 Å². The van der Waals surface area contributed by atoms with E-state index in [1.807, 2.05) is 0 Å². The number of benzene rings is 1. The Morgan fingerprint density at radius 2 is 1.96 bits per heavy atom. The lowest BCUT2D eigenvalue weighted by atomic mass is 9.87. The van der Waals surface area contributed by atoms with Crippen molar-refractivity contribution >= 4 is 15.9 Å². The van der Waals surface area contributed by atoms with E-state index in [0.717, 1.165) is 11.7 Å². The fourth-order valence-corrected chi connectivity index (χ4v) is 3.41. The van der Waals surface area contributed by atoms with Crippen LogP contribution in [-0.2, 0) is 9.84 Å². The van der Waals surface area contributed by atoms with Gasteiger partial charge >= 0.3 is 12.2 Å². The highest BCUT2D eigenvalue weighted by molar-refractivity contribution is 7.93. The number of urea groups is 1. The van der Waals surface area contributed by atoms with E-state index in [-0.39, 0.29) is 25.9 Å². The first-order valence-corrected chi connectivity index (χ1v) is 10.1. The second-order valence-electron chi connectivity index (χ2n) is 6.27. The Kier molecular flexibility index (Phi) is 6.33. The molecule has 0 spiro atoms. The van der Waals surface area contributed by atoms with Gasteiger partial charge in [-0.3, -0.25) is 0 Å². The summed E-state index contributed by atoms with van der Waals surface area (Å²) in [6.07, 6.45) is -2.33. The van der Waals surface area contributed by atoms with Crippen LogP contribution < -0.4 is 5.32 Å². The zero-order valence-corrected chi connectivity index (χ0v) is 15.1. The Morgan fingerprint density at radius 1 is 1.31 bits per heavy atom. The highest BCUT2D eigenvalue weighted by Crippen LogP contribution is 2.41. The molecule has 1 fully saturated rings. The SMILES string of the molecule is CS(=O)(=O)/C=C/CNC(=O)N1CC[C@H](C(F)(F)F)C[C@@H]1c1ccccc1. The Hall–Kier alpha value is -2.03. The summed E-state index contributed by atoms with van der Waals surface area (Å²) in [5, 5.41) is 3.50. The van der Waals surface area contributed by atoms with E-state index < -0.39 is 34.0 Å². The zero-order chi connectivity index (χ0) is 19.4. The molecule has 144 valence electrons. The predicted octanol–water partition coefficient (Wildman–Crippen LogP) is 3.27. The minimum atomic E-state index is -4.30. The molecule has 9 heteroatoms. The maximum atomic E-state index is 13.1. The first kappa shape index (κ1) is 20.3. The largest absolute Gasteiger partial charge is 0.391 e. The van der Waals surface area contributed by atoms with Gasteiger partial charge in [0, 0.05) is 24.8 Å². The summed E-state index contributed by atoms with van der Waals surface area (Å²) in [5.41, 5.74) is 0.642. The van der Waals surface area contributed by atoms with Gasteiger partial charge in [0.15, 0.2) is 9.84 Å². The first-order valence-electron chi connectivity index (χ1n) is 8.10. The molecule has 1 aliphatic heterocycles. The summed E-state index contributed by atoms with van der Waals surface area (Å²) in [4.78, 5) is 13.8. The predicted molar refractivity (Wildman–Crippen MR) is 92.1 cm³/mol. The Bertz CT molecular complexity index is 748. The number of hydrogen-bond acceptors (Lipinski definition) is 3. The lowest BCUT2D eigenvalue weighted by Gasteiger charge is -2.40. The van der Waals surface area contributed by atoms with Crippen LogP contribution in [0.15, 0.2) is 41.8 Å². The van der Waals surface area contributed by atoms with Crippen LogP contribution in [0.2, 0.25) is 0 Å². The van der Waals surface area contributed by atoms with Crippen LogP contribution >= 0.6 is 0 Å². The van der Waals surface area contributed by atoms with Crippen molar-refractivity contribution < 1.29 is 26.4 Å². The maximum absolute atomic E-state index is 13.1. The molecule has 1 N–H and O–H groups in total. The fourth-order valence-electron chi connectivity index (χ4n) is 2.97. The molecule has 5 nitrogen and oxygen atoms in total. The monoisotopic (exact) mass is 390 g/mol. The van der Waals surface area contributed by atoms with Crippen LogP contribution in [-0.4, -0.2) is 44.9 Å². The van der Waals surface area contributed by atoms with Crippen LogP contribution in [0.4, 0.5) is 18.0 Å². The topological polar surface area (TPSA) is 66.5 Å². The number of carbonyl (C=O) groups is 1. The molecule has 1 aromatic carbocycles. The number of halogens is 3. The van der Waals surface area contributed by atoms with Crippen LogP contribution in [0, 0.1) is 5.92 Å². The minimum Gasteiger partial charge on any atom is -0.334 e. The van der Waals surface area contributed by atoms with E-state index >= 15 is 0 Å². The molecule has 0 aliphatic carbocycles. The molecule has 2 rings (SSSR count). The maximum Gasteiger partial charge on any atom is 0.391 e. The standard InChI is InChI=1S/C17H21F3N2O3S/c1-26(24,25)11-5-9-21-16(23)22-10-8-14(17(18,19)20)12-15(22)13-6-3-2-4-7-13/h2-7,11,14-15H,8-10,12H2,1H3,(H,21,23)/b11-5+/t14-,15+/m0/s1. The van der Waals surface area contributed by atoms with Gasteiger partial charge in [-0.2, -0.15) is 13.2 Å². The van der Waals surface area contributed by atoms with Crippen molar-refractivity contribution in [1.29, 1.82) is 0 Å². The van der Waals surface area contributed by atoms with E-state index in [1.54, 1.807) is 30.3 Å². The van der Waals surface area contributed by atoms with Gasteiger partial charge in [0.05, 0.1) is 12.0 Å². The van der Waals surface area contributed by atoms with E-state index in [4.69, 9.17) is 0 Å². The second-order valence-corrected chi connectivity index (χ2v) is 8.20. The van der Waals surface area contributed by atoms with E-state index in [0.29, 0.717) is 5.56 Å². The minimum absolute atomic E-state index is 0.0212. The normalized spacial score (nSPS) is 21.8. The third kappa shape index (κ3) is 5.76. The number of carbonyl (C=O) groups excluding carboxylic acids is 1. The molecule has 0 saturated carbocycles. The summed E-state index contributed by atoms with van der Waals surface area (Å²) >= 11 is 0. The van der Waals surface area contributed by atoms with Gasteiger partial charge in [-0.25, -0.2) is 13.2 Å². The Labute approximate surface area is 150 Å². The smallest absolute Gasteiger partial charge is 0.334 e. The number of alkyl halides is 3. The average Bonchev–Trinajstić information content (AvgIpc) is 2.57. The van der Waals surface area contributed by atoms with Gasteiger partial charge in [0.1, 0.15) is 0 Å². The van der Waals surface area contributed by atoms with Crippen molar-refractivity contribution in [1.82, 2.24) is 10.2 Å². The molecule has 1 aromatic rings. The highest BCUT2D eigenvalue weighted by Gasteiger charge is 2.45. The second kappa shape index (κ2) is 8.11. The highest BCUT2D eigenvalue weighted by atomic mass is 32.2. The molecule has 1 saturated heterocycles. The molecular weight excluding hydrogens is 369 g/mol. The fraction of sp³-hybridized carbons (Fsp3) is 0.471. The number of hydrogen-bond donors (Lipinski definition) is 1. The first-order chi connectivity index (χ1) is 12.1.